The molecule has 1 aliphatic carbocycles. The molecule has 1 saturated heterocycles. The van der Waals surface area contributed by atoms with E-state index in [-0.39, 0.29) is 11.9 Å². The quantitative estimate of drug-likeness (QED) is 0.239. The molecule has 1 aliphatic heterocycles. The van der Waals surface area contributed by atoms with Gasteiger partial charge in [-0.25, -0.2) is 4.98 Å². The topological polar surface area (TPSA) is 61.3 Å². The molecule has 1 aromatic heterocycles. The SMILES string of the molecule is CC.CC(=O)c1cncc(OC2CCOC2)n1.CCC1(CC)CC(C(c2ccc(C)cc2)c2ccc(C(C)C)cc2)C1. The van der Waals surface area contributed by atoms with Crippen LogP contribution < -0.4 is 4.74 Å². The van der Waals surface area contributed by atoms with Gasteiger partial charge in [0.15, 0.2) is 5.78 Å². The fraction of sp³-hybridized carbons (Fsp3) is 0.541. The van der Waals surface area contributed by atoms with Gasteiger partial charge < -0.3 is 9.47 Å². The monoisotopic (exact) mass is 572 g/mol. The average molecular weight is 573 g/mol. The lowest BCUT2D eigenvalue weighted by atomic mass is 9.54. The summed E-state index contributed by atoms with van der Waals surface area (Å²) in [6.07, 6.45) is 9.23. The molecule has 5 nitrogen and oxygen atoms in total. The molecule has 0 spiro atoms. The Kier molecular flexibility index (Phi) is 12.7. The van der Waals surface area contributed by atoms with Gasteiger partial charge >= 0.3 is 0 Å². The Balaban J connectivity index is 0.000000243. The van der Waals surface area contributed by atoms with Crippen LogP contribution in [0.1, 0.15) is 125 Å². The minimum absolute atomic E-state index is 0.0292. The summed E-state index contributed by atoms with van der Waals surface area (Å²) in [4.78, 5) is 19.0. The summed E-state index contributed by atoms with van der Waals surface area (Å²) in [6.45, 7) is 18.2. The highest BCUT2D eigenvalue weighted by Crippen LogP contribution is 2.56. The highest BCUT2D eigenvalue weighted by Gasteiger charge is 2.45. The average Bonchev–Trinajstić information content (AvgIpc) is 3.50. The minimum atomic E-state index is -0.115. The van der Waals surface area contributed by atoms with Crippen molar-refractivity contribution in [2.24, 2.45) is 11.3 Å². The molecular formula is C37H52N2O3. The van der Waals surface area contributed by atoms with E-state index >= 15 is 0 Å². The molecule has 0 amide bonds. The third kappa shape index (κ3) is 8.73. The predicted octanol–water partition coefficient (Wildman–Crippen LogP) is 9.34. The summed E-state index contributed by atoms with van der Waals surface area (Å²) in [5.41, 5.74) is 6.71. The minimum Gasteiger partial charge on any atom is -0.471 e. The molecule has 0 bridgehead atoms. The van der Waals surface area contributed by atoms with Gasteiger partial charge in [-0.3, -0.25) is 9.78 Å². The maximum Gasteiger partial charge on any atom is 0.233 e. The van der Waals surface area contributed by atoms with Gasteiger partial charge in [-0.2, -0.15) is 0 Å². The molecule has 1 saturated carbocycles. The number of benzene rings is 2. The molecule has 2 aliphatic rings. The number of hydrogen-bond donors (Lipinski definition) is 0. The highest BCUT2D eigenvalue weighted by molar-refractivity contribution is 5.91. The zero-order chi connectivity index (χ0) is 30.7. The van der Waals surface area contributed by atoms with Crippen LogP contribution in [-0.4, -0.2) is 35.1 Å². The van der Waals surface area contributed by atoms with Crippen molar-refractivity contribution in [3.05, 3.63) is 88.9 Å². The molecule has 2 aromatic carbocycles. The largest absolute Gasteiger partial charge is 0.471 e. The van der Waals surface area contributed by atoms with Crippen LogP contribution in [0.3, 0.4) is 0 Å². The summed E-state index contributed by atoms with van der Waals surface area (Å²) in [7, 11) is 0. The van der Waals surface area contributed by atoms with E-state index in [1.165, 1.54) is 67.3 Å². The van der Waals surface area contributed by atoms with Gasteiger partial charge in [-0.15, -0.1) is 0 Å². The molecule has 0 N–H and O–H groups in total. The first kappa shape index (κ1) is 33.5. The van der Waals surface area contributed by atoms with Crippen LogP contribution in [0, 0.1) is 18.3 Å². The summed E-state index contributed by atoms with van der Waals surface area (Å²) < 4.78 is 10.7. The Morgan fingerprint density at radius 1 is 0.952 bits per heavy atom. The van der Waals surface area contributed by atoms with Crippen molar-refractivity contribution in [2.45, 2.75) is 105 Å². The molecule has 2 fully saturated rings. The van der Waals surface area contributed by atoms with Crippen LogP contribution in [0.25, 0.3) is 0 Å². The number of aryl methyl sites for hydroxylation is 1. The van der Waals surface area contributed by atoms with E-state index in [0.29, 0.717) is 42.0 Å². The highest BCUT2D eigenvalue weighted by atomic mass is 16.5. The third-order valence-corrected chi connectivity index (χ3v) is 8.91. The smallest absolute Gasteiger partial charge is 0.233 e. The zero-order valence-corrected chi connectivity index (χ0v) is 27.2. The second-order valence-corrected chi connectivity index (χ2v) is 12.0. The Hall–Kier alpha value is -3.05. The van der Waals surface area contributed by atoms with Crippen molar-refractivity contribution in [2.75, 3.05) is 13.2 Å². The number of Topliss-reactive ketones (excluding diaryl/α,β-unsaturated/α-hetero) is 1. The zero-order valence-electron chi connectivity index (χ0n) is 27.2. The first-order valence-electron chi connectivity index (χ1n) is 16.0. The van der Waals surface area contributed by atoms with Crippen molar-refractivity contribution in [3.8, 4) is 5.88 Å². The van der Waals surface area contributed by atoms with Crippen LogP contribution in [-0.2, 0) is 4.74 Å². The first-order valence-corrected chi connectivity index (χ1v) is 16.0. The molecule has 5 heteroatoms. The maximum absolute atomic E-state index is 11.1. The number of aromatic nitrogens is 2. The Morgan fingerprint density at radius 2 is 1.52 bits per heavy atom. The van der Waals surface area contributed by atoms with Gasteiger partial charge in [0.1, 0.15) is 11.8 Å². The van der Waals surface area contributed by atoms with Gasteiger partial charge in [-0.1, -0.05) is 108 Å². The molecule has 0 radical (unpaired) electrons. The Labute approximate surface area is 254 Å². The second-order valence-electron chi connectivity index (χ2n) is 12.0. The predicted molar refractivity (Wildman–Crippen MR) is 173 cm³/mol. The molecular weight excluding hydrogens is 520 g/mol. The van der Waals surface area contributed by atoms with E-state index < -0.39 is 0 Å². The standard InChI is InChI=1S/C25H34.C10H12N2O3.C2H6/c1-6-25(7-2)16-23(17-25)24(21-10-8-19(5)9-11-21)22-14-12-20(13-15-22)18(3)4;1-7(13)9-4-11-5-10(12-9)15-8-2-3-14-6-8;1-2/h8-15,18,23-24H,6-7,16-17H2,1-5H3;4-5,8H,2-3,6H2,1H3;1-2H3. The lowest BCUT2D eigenvalue weighted by Gasteiger charge is -2.50. The van der Waals surface area contributed by atoms with Crippen LogP contribution in [0.5, 0.6) is 5.88 Å². The summed E-state index contributed by atoms with van der Waals surface area (Å²) in [5.74, 6) is 2.21. The van der Waals surface area contributed by atoms with Crippen LogP contribution in [0.15, 0.2) is 60.9 Å². The van der Waals surface area contributed by atoms with E-state index in [2.05, 4.69) is 93.1 Å². The Morgan fingerprint density at radius 3 is 2.02 bits per heavy atom. The normalized spacial score (nSPS) is 18.2. The second kappa shape index (κ2) is 16.0. The van der Waals surface area contributed by atoms with E-state index in [9.17, 15) is 4.79 Å². The molecule has 3 aromatic rings. The first-order chi connectivity index (χ1) is 20.2. The van der Waals surface area contributed by atoms with Crippen molar-refractivity contribution in [1.29, 1.82) is 0 Å². The number of carbonyl (C=O) groups is 1. The molecule has 42 heavy (non-hydrogen) atoms. The Bertz CT molecular complexity index is 1220. The lowest BCUT2D eigenvalue weighted by Crippen LogP contribution is -2.39. The maximum atomic E-state index is 11.1. The number of rotatable bonds is 9. The molecule has 2 heterocycles. The lowest BCUT2D eigenvalue weighted by molar-refractivity contribution is 0.0358. The summed E-state index contributed by atoms with van der Waals surface area (Å²) in [5, 5.41) is 0. The number of ether oxygens (including phenoxy) is 2. The van der Waals surface area contributed by atoms with Gasteiger partial charge in [0.05, 0.1) is 25.6 Å². The fourth-order valence-electron chi connectivity index (χ4n) is 6.07. The fourth-order valence-corrected chi connectivity index (χ4v) is 6.07. The number of hydrogen-bond acceptors (Lipinski definition) is 5. The van der Waals surface area contributed by atoms with Crippen LogP contribution in [0.4, 0.5) is 0 Å². The van der Waals surface area contributed by atoms with E-state index in [1.807, 2.05) is 13.8 Å². The molecule has 2 atom stereocenters. The van der Waals surface area contributed by atoms with Crippen molar-refractivity contribution >= 4 is 5.78 Å². The summed E-state index contributed by atoms with van der Waals surface area (Å²) in [6, 6.07) is 18.7. The van der Waals surface area contributed by atoms with E-state index in [0.717, 1.165) is 12.3 Å². The van der Waals surface area contributed by atoms with Crippen LogP contribution >= 0.6 is 0 Å². The molecule has 2 unspecified atom stereocenters. The van der Waals surface area contributed by atoms with Crippen LogP contribution in [0.2, 0.25) is 0 Å². The molecule has 228 valence electrons. The van der Waals surface area contributed by atoms with Crippen molar-refractivity contribution in [3.63, 3.8) is 0 Å². The van der Waals surface area contributed by atoms with Gasteiger partial charge in [0.2, 0.25) is 5.88 Å². The van der Waals surface area contributed by atoms with E-state index in [1.54, 1.807) is 0 Å². The molecule has 5 rings (SSSR count). The number of ketones is 1. The van der Waals surface area contributed by atoms with Crippen molar-refractivity contribution < 1.29 is 14.3 Å². The van der Waals surface area contributed by atoms with E-state index in [4.69, 9.17) is 9.47 Å². The van der Waals surface area contributed by atoms with Gasteiger partial charge in [0, 0.05) is 19.3 Å². The number of carbonyl (C=O) groups excluding carboxylic acids is 1. The summed E-state index contributed by atoms with van der Waals surface area (Å²) >= 11 is 0. The number of nitrogens with zero attached hydrogens (tertiary/aromatic N) is 2. The third-order valence-electron chi connectivity index (χ3n) is 8.91. The van der Waals surface area contributed by atoms with Crippen molar-refractivity contribution in [1.82, 2.24) is 9.97 Å². The van der Waals surface area contributed by atoms with Gasteiger partial charge in [0.25, 0.3) is 0 Å². The van der Waals surface area contributed by atoms with Gasteiger partial charge in [-0.05, 0) is 53.7 Å².